The Morgan fingerprint density at radius 2 is 2.03 bits per heavy atom. The van der Waals surface area contributed by atoms with Gasteiger partial charge in [0.2, 0.25) is 5.91 Å². The summed E-state index contributed by atoms with van der Waals surface area (Å²) in [4.78, 5) is 38.0. The highest BCUT2D eigenvalue weighted by atomic mass is 16.5. The van der Waals surface area contributed by atoms with E-state index in [9.17, 15) is 14.4 Å². The fraction of sp³-hybridized carbons (Fsp3) is 0.476. The Morgan fingerprint density at radius 3 is 2.69 bits per heavy atom. The Hall–Kier alpha value is -2.71. The summed E-state index contributed by atoms with van der Waals surface area (Å²) in [7, 11) is 5.43. The third-order valence-electron chi connectivity index (χ3n) is 4.56. The fourth-order valence-corrected chi connectivity index (χ4v) is 2.94. The molecule has 1 aromatic carbocycles. The van der Waals surface area contributed by atoms with Gasteiger partial charge in [0.25, 0.3) is 0 Å². The van der Waals surface area contributed by atoms with Gasteiger partial charge in [-0.2, -0.15) is 0 Å². The number of carbonyl (C=O) groups is 2. The molecular weight excluding hydrogens is 376 g/mol. The lowest BCUT2D eigenvalue weighted by Gasteiger charge is -2.12. The molecule has 0 saturated carbocycles. The number of nitrogens with one attached hydrogen (secondary N) is 1. The van der Waals surface area contributed by atoms with Crippen LogP contribution in [0.5, 0.6) is 5.75 Å². The first-order valence-corrected chi connectivity index (χ1v) is 9.46. The summed E-state index contributed by atoms with van der Waals surface area (Å²) in [6, 6.07) is 3.27. The summed E-state index contributed by atoms with van der Waals surface area (Å²) < 4.78 is 16.0. The number of ether oxygens (including phenoxy) is 2. The summed E-state index contributed by atoms with van der Waals surface area (Å²) in [5.74, 6) is 0.358. The van der Waals surface area contributed by atoms with E-state index in [2.05, 4.69) is 5.32 Å². The number of hydrogen-bond acceptors (Lipinski definition) is 7. The number of nitrogens with zero attached hydrogens (tertiary/aromatic N) is 1. The zero-order valence-corrected chi connectivity index (χ0v) is 17.4. The van der Waals surface area contributed by atoms with Crippen LogP contribution in [0.25, 0.3) is 11.0 Å². The van der Waals surface area contributed by atoms with Crippen molar-refractivity contribution in [3.8, 4) is 5.75 Å². The number of likely N-dealkylation sites (N-methyl/N-ethyl adjacent to an activating group) is 1. The number of methoxy groups -OCH3 is 1. The monoisotopic (exact) mass is 404 g/mol. The zero-order chi connectivity index (χ0) is 21.4. The van der Waals surface area contributed by atoms with Crippen LogP contribution in [0.1, 0.15) is 27.9 Å². The van der Waals surface area contributed by atoms with Crippen molar-refractivity contribution >= 4 is 23.2 Å². The Morgan fingerprint density at radius 1 is 1.28 bits per heavy atom. The quantitative estimate of drug-likeness (QED) is 0.345. The first kappa shape index (κ1) is 22.6. The Kier molecular flexibility index (Phi) is 8.35. The molecule has 8 heteroatoms. The number of amides is 1. The van der Waals surface area contributed by atoms with Crippen LogP contribution in [0.3, 0.4) is 0 Å². The van der Waals surface area contributed by atoms with Gasteiger partial charge >= 0.3 is 5.63 Å². The van der Waals surface area contributed by atoms with E-state index in [1.165, 1.54) is 6.07 Å². The van der Waals surface area contributed by atoms with Crippen LogP contribution in [0.15, 0.2) is 21.3 Å². The molecule has 1 heterocycles. The molecule has 1 amide bonds. The number of benzene rings is 1. The van der Waals surface area contributed by atoms with Crippen LogP contribution in [0, 0.1) is 6.92 Å². The molecule has 1 N–H and O–H groups in total. The van der Waals surface area contributed by atoms with Gasteiger partial charge in [-0.05, 0) is 45.1 Å². The molecule has 0 atom stereocenters. The largest absolute Gasteiger partial charge is 0.491 e. The molecular formula is C21H28N2O6. The van der Waals surface area contributed by atoms with Gasteiger partial charge in [-0.3, -0.25) is 9.59 Å². The lowest BCUT2D eigenvalue weighted by molar-refractivity contribution is -0.121. The van der Waals surface area contributed by atoms with Gasteiger partial charge in [0.05, 0.1) is 12.2 Å². The first-order valence-electron chi connectivity index (χ1n) is 9.46. The maximum Gasteiger partial charge on any atom is 0.339 e. The van der Waals surface area contributed by atoms with Crippen molar-refractivity contribution < 1.29 is 23.5 Å². The molecule has 0 bridgehead atoms. The van der Waals surface area contributed by atoms with Crippen molar-refractivity contribution in [2.75, 3.05) is 47.5 Å². The first-order chi connectivity index (χ1) is 13.9. The van der Waals surface area contributed by atoms with Crippen LogP contribution < -0.4 is 15.7 Å². The normalized spacial score (nSPS) is 11.1. The van der Waals surface area contributed by atoms with E-state index in [0.29, 0.717) is 48.3 Å². The van der Waals surface area contributed by atoms with Crippen molar-refractivity contribution in [2.45, 2.75) is 19.8 Å². The van der Waals surface area contributed by atoms with Gasteiger partial charge in [0.1, 0.15) is 17.9 Å². The summed E-state index contributed by atoms with van der Waals surface area (Å²) in [6.45, 7) is 3.80. The molecule has 0 unspecified atom stereocenters. The topological polar surface area (TPSA) is 98.1 Å². The number of rotatable bonds is 11. The number of fused-ring (bicyclic) bond motifs is 1. The summed E-state index contributed by atoms with van der Waals surface area (Å²) in [5, 5.41) is 3.44. The van der Waals surface area contributed by atoms with Crippen LogP contribution in [-0.2, 0) is 16.0 Å². The van der Waals surface area contributed by atoms with E-state index in [1.54, 1.807) is 20.1 Å². The van der Waals surface area contributed by atoms with Gasteiger partial charge in [-0.1, -0.05) is 0 Å². The molecule has 0 aliphatic carbocycles. The molecule has 0 saturated heterocycles. The van der Waals surface area contributed by atoms with Crippen LogP contribution in [0.4, 0.5) is 0 Å². The molecule has 0 radical (unpaired) electrons. The Labute approximate surface area is 169 Å². The molecule has 0 aliphatic heterocycles. The molecule has 29 heavy (non-hydrogen) atoms. The summed E-state index contributed by atoms with van der Waals surface area (Å²) >= 11 is 0. The molecule has 2 rings (SSSR count). The average Bonchev–Trinajstić information content (AvgIpc) is 2.67. The van der Waals surface area contributed by atoms with E-state index < -0.39 is 5.63 Å². The minimum Gasteiger partial charge on any atom is -0.491 e. The van der Waals surface area contributed by atoms with E-state index in [1.807, 2.05) is 19.0 Å². The Bertz CT molecular complexity index is 920. The highest BCUT2D eigenvalue weighted by Gasteiger charge is 2.16. The number of hydrogen-bond donors (Lipinski definition) is 1. The highest BCUT2D eigenvalue weighted by molar-refractivity contribution is 5.97. The molecule has 1 aromatic heterocycles. The van der Waals surface area contributed by atoms with E-state index in [-0.39, 0.29) is 29.9 Å². The van der Waals surface area contributed by atoms with Gasteiger partial charge in [0.15, 0.2) is 6.29 Å². The van der Waals surface area contributed by atoms with Crippen molar-refractivity contribution in [3.05, 3.63) is 39.2 Å². The zero-order valence-electron chi connectivity index (χ0n) is 17.4. The van der Waals surface area contributed by atoms with Gasteiger partial charge in [-0.25, -0.2) is 4.79 Å². The second-order valence-corrected chi connectivity index (χ2v) is 6.99. The predicted octanol–water partition coefficient (Wildman–Crippen LogP) is 1.55. The molecule has 0 aliphatic rings. The number of carbonyl (C=O) groups excluding carboxylic acids is 2. The maximum atomic E-state index is 12.5. The van der Waals surface area contributed by atoms with E-state index >= 15 is 0 Å². The van der Waals surface area contributed by atoms with E-state index in [0.717, 1.165) is 6.54 Å². The lowest BCUT2D eigenvalue weighted by Crippen LogP contribution is -2.31. The number of aryl methyl sites for hydroxylation is 1. The summed E-state index contributed by atoms with van der Waals surface area (Å²) in [6.07, 6.45) is 1.06. The van der Waals surface area contributed by atoms with Gasteiger partial charge < -0.3 is 24.1 Å². The highest BCUT2D eigenvalue weighted by Crippen LogP contribution is 2.28. The summed E-state index contributed by atoms with van der Waals surface area (Å²) in [5.41, 5.74) is 1.03. The fourth-order valence-electron chi connectivity index (χ4n) is 2.94. The molecule has 0 spiro atoms. The SMILES string of the molecule is COCCOc1cc(C=O)c2oc(=O)c(CCC(=O)NCCN(C)C)c(C)c2c1. The minimum atomic E-state index is -0.535. The lowest BCUT2D eigenvalue weighted by atomic mass is 10.00. The maximum absolute atomic E-state index is 12.5. The van der Waals surface area contributed by atoms with Crippen LogP contribution in [-0.4, -0.2) is 64.6 Å². The second-order valence-electron chi connectivity index (χ2n) is 6.99. The van der Waals surface area contributed by atoms with Crippen molar-refractivity contribution in [1.29, 1.82) is 0 Å². The van der Waals surface area contributed by atoms with Crippen molar-refractivity contribution in [2.24, 2.45) is 0 Å². The molecule has 2 aromatic rings. The average molecular weight is 404 g/mol. The van der Waals surface area contributed by atoms with Gasteiger partial charge in [0, 0.05) is 37.6 Å². The molecule has 8 nitrogen and oxygen atoms in total. The smallest absolute Gasteiger partial charge is 0.339 e. The third kappa shape index (κ3) is 6.13. The Balaban J connectivity index is 2.26. The van der Waals surface area contributed by atoms with Crippen molar-refractivity contribution in [3.63, 3.8) is 0 Å². The van der Waals surface area contributed by atoms with Gasteiger partial charge in [-0.15, -0.1) is 0 Å². The second kappa shape index (κ2) is 10.7. The van der Waals surface area contributed by atoms with Crippen molar-refractivity contribution in [1.82, 2.24) is 10.2 Å². The predicted molar refractivity (Wildman–Crippen MR) is 110 cm³/mol. The molecule has 0 fully saturated rings. The number of aldehydes is 1. The standard InChI is InChI=1S/C21H28N2O6/c1-14-17(5-6-19(25)22-7-8-23(2)3)21(26)29-20-15(13-24)11-16(12-18(14)20)28-10-9-27-4/h11-13H,5-10H2,1-4H3,(H,22,25). The van der Waals surface area contributed by atoms with E-state index in [4.69, 9.17) is 13.9 Å². The van der Waals surface area contributed by atoms with Crippen LogP contribution in [0.2, 0.25) is 0 Å². The molecule has 158 valence electrons. The van der Waals surface area contributed by atoms with Crippen LogP contribution >= 0.6 is 0 Å². The third-order valence-corrected chi connectivity index (χ3v) is 4.56. The minimum absolute atomic E-state index is 0.129.